The molecular formula is C39H42ClN3O8S. The van der Waals surface area contributed by atoms with Gasteiger partial charge in [-0.05, 0) is 54.8 Å². The summed E-state index contributed by atoms with van der Waals surface area (Å²) in [5.41, 5.74) is -0.467. The van der Waals surface area contributed by atoms with Crippen LogP contribution in [-0.2, 0) is 14.4 Å². The number of ketones is 2. The highest BCUT2D eigenvalue weighted by atomic mass is 35.5. The Morgan fingerprint density at radius 1 is 1.15 bits per heavy atom. The third-order valence-electron chi connectivity index (χ3n) is 10.3. The van der Waals surface area contributed by atoms with Crippen molar-refractivity contribution in [3.8, 4) is 17.2 Å². The van der Waals surface area contributed by atoms with Crippen LogP contribution in [0.3, 0.4) is 0 Å². The van der Waals surface area contributed by atoms with Crippen molar-refractivity contribution in [1.29, 1.82) is 0 Å². The number of nitrogens with one attached hydrogen (secondary N) is 1. The van der Waals surface area contributed by atoms with Crippen LogP contribution in [0.2, 0.25) is 5.02 Å². The number of nitrogens with zero attached hydrogens (tertiary/aromatic N) is 2. The van der Waals surface area contributed by atoms with E-state index in [0.717, 1.165) is 29.7 Å². The third kappa shape index (κ3) is 6.74. The molecular weight excluding hydrogens is 706 g/mol. The van der Waals surface area contributed by atoms with Gasteiger partial charge in [0.1, 0.15) is 22.1 Å². The number of fused-ring (bicyclic) bond motifs is 1. The van der Waals surface area contributed by atoms with Crippen molar-refractivity contribution in [3.05, 3.63) is 87.9 Å². The van der Waals surface area contributed by atoms with Gasteiger partial charge >= 0.3 is 0 Å². The first-order valence-corrected chi connectivity index (χ1v) is 18.9. The van der Waals surface area contributed by atoms with Crippen molar-refractivity contribution in [1.82, 2.24) is 15.2 Å². The predicted octanol–water partition coefficient (Wildman–Crippen LogP) is 6.64. The molecule has 2 N–H and O–H groups in total. The standard InChI is InChI=1S/C39H42ClN3O8S/c1-22-18-28(44)33(37(47)39(22)38(48)34-29(49-2)20-30(50-3)35(40)36(34)51-39)26(23-10-12-25(52-4)13-11-23)19-31(45)42-16-14-32(46)43-17-6-5-9-27(43)24-8-7-15-41-21-24/h7-8,10-13,15,20-22,26-27,47H,5-6,9,14,16-19H2,1-4H3,(H,42,45). The minimum Gasteiger partial charge on any atom is -0.507 e. The monoisotopic (exact) mass is 747 g/mol. The highest BCUT2D eigenvalue weighted by Gasteiger charge is 2.61. The summed E-state index contributed by atoms with van der Waals surface area (Å²) in [6.45, 7) is 2.37. The molecule has 2 amide bonds. The first-order chi connectivity index (χ1) is 25.0. The van der Waals surface area contributed by atoms with E-state index in [-0.39, 0.29) is 71.2 Å². The topological polar surface area (TPSA) is 144 Å². The Balaban J connectivity index is 1.28. The molecule has 4 atom stereocenters. The van der Waals surface area contributed by atoms with Gasteiger partial charge < -0.3 is 29.5 Å². The van der Waals surface area contributed by atoms with E-state index in [2.05, 4.69) is 10.3 Å². The second kappa shape index (κ2) is 15.6. The van der Waals surface area contributed by atoms with Crippen molar-refractivity contribution < 1.29 is 38.5 Å². The van der Waals surface area contributed by atoms with E-state index in [9.17, 15) is 24.3 Å². The molecule has 13 heteroatoms. The number of carbonyl (C=O) groups is 4. The van der Waals surface area contributed by atoms with Crippen LogP contribution in [0.4, 0.5) is 0 Å². The van der Waals surface area contributed by atoms with Crippen LogP contribution in [0.5, 0.6) is 17.2 Å². The molecule has 3 heterocycles. The first-order valence-electron chi connectivity index (χ1n) is 17.3. The zero-order chi connectivity index (χ0) is 37.2. The first kappa shape index (κ1) is 37.2. The lowest BCUT2D eigenvalue weighted by atomic mass is 9.69. The maximum Gasteiger partial charge on any atom is 0.231 e. The molecule has 3 aromatic rings. The van der Waals surface area contributed by atoms with Crippen LogP contribution >= 0.6 is 23.4 Å². The number of pyridine rings is 1. The molecule has 1 aliphatic carbocycles. The quantitative estimate of drug-likeness (QED) is 0.205. The fourth-order valence-corrected chi connectivity index (χ4v) is 8.29. The smallest absolute Gasteiger partial charge is 0.231 e. The number of carbonyl (C=O) groups excluding carboxylic acids is 4. The number of Topliss-reactive ketones (excluding diaryl/α,β-unsaturated/α-hetero) is 2. The van der Waals surface area contributed by atoms with Gasteiger partial charge in [-0.3, -0.25) is 24.2 Å². The van der Waals surface area contributed by atoms with E-state index in [1.54, 1.807) is 31.5 Å². The summed E-state index contributed by atoms with van der Waals surface area (Å²) >= 11 is 8.15. The minimum absolute atomic E-state index is 0.0160. The Labute approximate surface area is 312 Å². The SMILES string of the molecule is COc1cc(OC)c2c(c1Cl)OC1(C2=O)C(O)=C(C(CC(=O)NCCC(=O)N2CCCCC2c2cccnc2)c2ccc(SC)cc2)C(=O)CC1C. The molecule has 1 saturated heterocycles. The van der Waals surface area contributed by atoms with E-state index in [4.69, 9.17) is 25.8 Å². The number of ether oxygens (including phenoxy) is 3. The van der Waals surface area contributed by atoms with E-state index in [1.807, 2.05) is 35.4 Å². The number of hydrogen-bond acceptors (Lipinski definition) is 10. The van der Waals surface area contributed by atoms with Crippen molar-refractivity contribution in [2.24, 2.45) is 5.92 Å². The van der Waals surface area contributed by atoms with E-state index < -0.39 is 40.7 Å². The van der Waals surface area contributed by atoms with E-state index >= 15 is 0 Å². The maximum atomic E-state index is 14.4. The van der Waals surface area contributed by atoms with Gasteiger partial charge in [0.05, 0.1) is 20.3 Å². The number of thioether (sulfide) groups is 1. The molecule has 2 aromatic carbocycles. The largest absolute Gasteiger partial charge is 0.507 e. The molecule has 11 nitrogen and oxygen atoms in total. The van der Waals surface area contributed by atoms with Crippen LogP contribution in [0.25, 0.3) is 0 Å². The highest BCUT2D eigenvalue weighted by Crippen LogP contribution is 2.55. The number of amides is 2. The van der Waals surface area contributed by atoms with Gasteiger partial charge in [0.25, 0.3) is 0 Å². The van der Waals surface area contributed by atoms with Gasteiger partial charge in [-0.1, -0.05) is 36.7 Å². The van der Waals surface area contributed by atoms with Gasteiger partial charge in [0.15, 0.2) is 17.3 Å². The molecule has 0 radical (unpaired) electrons. The molecule has 274 valence electrons. The van der Waals surface area contributed by atoms with Crippen molar-refractivity contribution in [2.45, 2.75) is 67.9 Å². The number of halogens is 1. The van der Waals surface area contributed by atoms with Crippen LogP contribution in [0.15, 0.2) is 71.1 Å². The summed E-state index contributed by atoms with van der Waals surface area (Å²) in [4.78, 5) is 62.4. The number of piperidine rings is 1. The number of aromatic nitrogens is 1. The number of rotatable bonds is 11. The number of aliphatic hydroxyl groups is 1. The Kier molecular flexibility index (Phi) is 11.2. The lowest BCUT2D eigenvalue weighted by Crippen LogP contribution is -2.53. The third-order valence-corrected chi connectivity index (χ3v) is 11.4. The highest BCUT2D eigenvalue weighted by molar-refractivity contribution is 7.98. The summed E-state index contributed by atoms with van der Waals surface area (Å²) in [7, 11) is 2.81. The number of hydrogen-bond donors (Lipinski definition) is 2. The molecule has 0 saturated carbocycles. The normalized spacial score (nSPS) is 21.8. The average Bonchev–Trinajstić information content (AvgIpc) is 3.48. The summed E-state index contributed by atoms with van der Waals surface area (Å²) < 4.78 is 17.2. The number of allylic oxidation sites excluding steroid dienone is 1. The van der Waals surface area contributed by atoms with Crippen molar-refractivity contribution >= 4 is 46.7 Å². The summed E-state index contributed by atoms with van der Waals surface area (Å²) in [5, 5.41) is 15.0. The van der Waals surface area contributed by atoms with Crippen molar-refractivity contribution in [2.75, 3.05) is 33.6 Å². The molecule has 3 aliphatic rings. The maximum absolute atomic E-state index is 14.4. The lowest BCUT2D eigenvalue weighted by Gasteiger charge is -2.38. The summed E-state index contributed by atoms with van der Waals surface area (Å²) in [6.07, 6.45) is 7.91. The van der Waals surface area contributed by atoms with Gasteiger partial charge in [-0.15, -0.1) is 11.8 Å². The van der Waals surface area contributed by atoms with Crippen LogP contribution < -0.4 is 19.5 Å². The molecule has 0 bridgehead atoms. The molecule has 1 spiro atoms. The average molecular weight is 748 g/mol. The Bertz CT molecular complexity index is 1900. The van der Waals surface area contributed by atoms with E-state index in [1.165, 1.54) is 32.0 Å². The van der Waals surface area contributed by atoms with Gasteiger partial charge in [0, 0.05) is 73.1 Å². The number of likely N-dealkylation sites (tertiary alicyclic amines) is 1. The van der Waals surface area contributed by atoms with Crippen LogP contribution in [0, 0.1) is 5.92 Å². The second-order valence-electron chi connectivity index (χ2n) is 13.3. The number of benzene rings is 2. The molecule has 1 aromatic heterocycles. The lowest BCUT2D eigenvalue weighted by molar-refractivity contribution is -0.135. The molecule has 2 aliphatic heterocycles. The predicted molar refractivity (Wildman–Crippen MR) is 196 cm³/mol. The number of aliphatic hydroxyl groups excluding tert-OH is 1. The summed E-state index contributed by atoms with van der Waals surface area (Å²) in [6, 6.07) is 12.6. The van der Waals surface area contributed by atoms with Crippen molar-refractivity contribution in [3.63, 3.8) is 0 Å². The zero-order valence-corrected chi connectivity index (χ0v) is 31.1. The number of methoxy groups -OCH3 is 2. The minimum atomic E-state index is -1.99. The van der Waals surface area contributed by atoms with Crippen LogP contribution in [-0.4, -0.2) is 77.5 Å². The molecule has 4 unspecified atom stereocenters. The Hall–Kier alpha value is -4.55. The Morgan fingerprint density at radius 3 is 2.58 bits per heavy atom. The molecule has 6 rings (SSSR count). The van der Waals surface area contributed by atoms with Crippen LogP contribution in [0.1, 0.15) is 78.9 Å². The second-order valence-corrected chi connectivity index (χ2v) is 14.5. The van der Waals surface area contributed by atoms with Gasteiger partial charge in [-0.25, -0.2) is 0 Å². The Morgan fingerprint density at radius 2 is 1.90 bits per heavy atom. The summed E-state index contributed by atoms with van der Waals surface area (Å²) in [5.74, 6) is -3.47. The van der Waals surface area contributed by atoms with Gasteiger partial charge in [0.2, 0.25) is 23.2 Å². The fraction of sp³-hybridized carbons (Fsp3) is 0.410. The molecule has 52 heavy (non-hydrogen) atoms. The zero-order valence-electron chi connectivity index (χ0n) is 29.6. The fourth-order valence-electron chi connectivity index (χ4n) is 7.62. The van der Waals surface area contributed by atoms with E-state index in [0.29, 0.717) is 12.1 Å². The molecule has 1 fully saturated rings. The van der Waals surface area contributed by atoms with Gasteiger partial charge in [-0.2, -0.15) is 0 Å².